The number of hydrogen-bond acceptors (Lipinski definition) is 4. The maximum absolute atomic E-state index is 12.6. The Hall–Kier alpha value is -2.74. The minimum atomic E-state index is -2.27. The van der Waals surface area contributed by atoms with Gasteiger partial charge in [-0.2, -0.15) is 0 Å². The molecule has 0 unspecified atom stereocenters. The summed E-state index contributed by atoms with van der Waals surface area (Å²) in [5, 5.41) is 12.8. The number of nitro groups is 1. The molecule has 0 aromatic heterocycles. The van der Waals surface area contributed by atoms with Crippen LogP contribution in [0.5, 0.6) is 0 Å². The van der Waals surface area contributed by atoms with Gasteiger partial charge in [0.2, 0.25) is 0 Å². The van der Waals surface area contributed by atoms with Crippen molar-refractivity contribution < 1.29 is 13.7 Å². The molecule has 0 saturated heterocycles. The average Bonchev–Trinajstić information content (AvgIpc) is 2.77. The number of benzene rings is 3. The summed E-state index contributed by atoms with van der Waals surface area (Å²) < 4.78 is 19.3. The van der Waals surface area contributed by atoms with Crippen LogP contribution >= 0.6 is 11.6 Å². The first kappa shape index (κ1) is 26.5. The number of nitro benzene ring substituents is 1. The van der Waals surface area contributed by atoms with Crippen molar-refractivity contribution in [1.29, 1.82) is 0 Å². The lowest BCUT2D eigenvalue weighted by atomic mass is 10.2. The van der Waals surface area contributed by atoms with E-state index >= 15 is 0 Å². The van der Waals surface area contributed by atoms with E-state index in [0.29, 0.717) is 6.07 Å². The van der Waals surface area contributed by atoms with Crippen LogP contribution in [0.3, 0.4) is 0 Å². The Kier molecular flexibility index (Phi) is 9.16. The summed E-state index contributed by atoms with van der Waals surface area (Å²) in [5.74, 6) is -0.849. The molecule has 0 amide bonds. The molecule has 2 N–H and O–H groups in total. The van der Waals surface area contributed by atoms with Crippen LogP contribution in [0.4, 0.5) is 15.8 Å². The Morgan fingerprint density at radius 2 is 1.52 bits per heavy atom. The zero-order valence-electron chi connectivity index (χ0n) is 19.3. The van der Waals surface area contributed by atoms with E-state index in [1.54, 1.807) is 0 Å². The zero-order chi connectivity index (χ0) is 24.6. The van der Waals surface area contributed by atoms with Gasteiger partial charge in [-0.25, -0.2) is 4.39 Å². The second-order valence-corrected chi connectivity index (χ2v) is 13.3. The Labute approximate surface area is 200 Å². The molecule has 0 fully saturated rings. The van der Waals surface area contributed by atoms with Crippen LogP contribution in [-0.2, 0) is 4.43 Å². The third kappa shape index (κ3) is 6.19. The number of nitrogen functional groups attached to an aromatic ring is 1. The number of anilines is 1. The maximum atomic E-state index is 12.6. The first-order chi connectivity index (χ1) is 15.5. The van der Waals surface area contributed by atoms with Crippen molar-refractivity contribution >= 4 is 41.7 Å². The van der Waals surface area contributed by atoms with Gasteiger partial charge in [0.05, 0.1) is 16.0 Å². The van der Waals surface area contributed by atoms with Gasteiger partial charge in [0.1, 0.15) is 11.5 Å². The maximum Gasteiger partial charge on any atom is 0.295 e. The highest BCUT2D eigenvalue weighted by atomic mass is 35.5. The molecule has 0 heterocycles. The van der Waals surface area contributed by atoms with E-state index in [9.17, 15) is 14.5 Å². The third-order valence-corrected chi connectivity index (χ3v) is 10.5. The molecule has 8 heteroatoms. The lowest BCUT2D eigenvalue weighted by Crippen LogP contribution is -2.66. The van der Waals surface area contributed by atoms with Crippen LogP contribution in [0.25, 0.3) is 0 Å². The fraction of sp³-hybridized carbons (Fsp3) is 0.280. The Morgan fingerprint density at radius 1 is 1.03 bits per heavy atom. The second kappa shape index (κ2) is 11.4. The minimum absolute atomic E-state index is 0.0882. The van der Waals surface area contributed by atoms with Crippen molar-refractivity contribution in [2.75, 3.05) is 12.3 Å². The standard InChI is InChI=1S/C19H26OSi.C6H4ClFN2O2/c1-5-16-20-21(19(2,3)4,17-12-8-6-9-13-17)18-14-10-7-11-15-18;7-3-1-5(9)6(10(11)12)2-4(3)8/h6-15H,5,16H2,1-4H3;1-2H,9H2. The number of hydrogen-bond donors (Lipinski definition) is 1. The lowest BCUT2D eigenvalue weighted by Gasteiger charge is -2.43. The summed E-state index contributed by atoms with van der Waals surface area (Å²) in [5.41, 5.74) is 4.58. The van der Waals surface area contributed by atoms with Gasteiger partial charge in [-0.05, 0) is 27.9 Å². The summed E-state index contributed by atoms with van der Waals surface area (Å²) in [7, 11) is -2.27. The van der Waals surface area contributed by atoms with E-state index in [-0.39, 0.29) is 15.7 Å². The monoisotopic (exact) mass is 488 g/mol. The molecule has 0 saturated carbocycles. The molecule has 176 valence electrons. The molecular formula is C25H30ClFN2O3Si. The molecule has 0 aliphatic rings. The first-order valence-electron chi connectivity index (χ1n) is 10.7. The van der Waals surface area contributed by atoms with Crippen LogP contribution in [-0.4, -0.2) is 19.8 Å². The summed E-state index contributed by atoms with van der Waals surface area (Å²) in [6, 6.07) is 23.3. The first-order valence-corrected chi connectivity index (χ1v) is 13.0. The van der Waals surface area contributed by atoms with Crippen LogP contribution in [0.1, 0.15) is 34.1 Å². The van der Waals surface area contributed by atoms with Crippen LogP contribution in [0, 0.1) is 15.9 Å². The quantitative estimate of drug-likeness (QED) is 0.201. The molecule has 3 aromatic rings. The SMILES string of the molecule is CCCO[Si](c1ccccc1)(c1ccccc1)C(C)(C)C.Nc1cc(Cl)c(F)cc1[N+](=O)[O-]. The van der Waals surface area contributed by atoms with Gasteiger partial charge >= 0.3 is 0 Å². The van der Waals surface area contributed by atoms with Gasteiger partial charge in [0.15, 0.2) is 0 Å². The Morgan fingerprint density at radius 3 is 1.91 bits per heavy atom. The van der Waals surface area contributed by atoms with E-state index in [1.165, 1.54) is 10.4 Å². The summed E-state index contributed by atoms with van der Waals surface area (Å²) in [4.78, 5) is 9.43. The van der Waals surface area contributed by atoms with Crippen molar-refractivity contribution in [3.8, 4) is 0 Å². The predicted octanol–water partition coefficient (Wildman–Crippen LogP) is 5.94. The zero-order valence-corrected chi connectivity index (χ0v) is 21.1. The van der Waals surface area contributed by atoms with Gasteiger partial charge in [-0.15, -0.1) is 0 Å². The fourth-order valence-electron chi connectivity index (χ4n) is 3.73. The Balaban J connectivity index is 0.000000273. The van der Waals surface area contributed by atoms with Gasteiger partial charge in [0, 0.05) is 6.61 Å². The van der Waals surface area contributed by atoms with Crippen LogP contribution in [0.15, 0.2) is 72.8 Å². The number of nitrogens with two attached hydrogens (primary N) is 1. The van der Waals surface area contributed by atoms with Crippen LogP contribution < -0.4 is 16.1 Å². The normalized spacial score (nSPS) is 11.5. The molecule has 0 bridgehead atoms. The van der Waals surface area contributed by atoms with E-state index in [1.807, 2.05) is 0 Å². The van der Waals surface area contributed by atoms with Gasteiger partial charge in [-0.1, -0.05) is 100.0 Å². The van der Waals surface area contributed by atoms with E-state index in [0.717, 1.165) is 19.1 Å². The predicted molar refractivity (Wildman–Crippen MR) is 136 cm³/mol. The molecule has 0 spiro atoms. The molecule has 3 aromatic carbocycles. The molecule has 0 radical (unpaired) electrons. The summed E-state index contributed by atoms with van der Waals surface area (Å²) in [6.07, 6.45) is 1.05. The average molecular weight is 489 g/mol. The smallest absolute Gasteiger partial charge is 0.295 e. The second-order valence-electron chi connectivity index (χ2n) is 8.59. The van der Waals surface area contributed by atoms with Crippen molar-refractivity contribution in [2.45, 2.75) is 39.2 Å². The highest BCUT2D eigenvalue weighted by Gasteiger charge is 2.49. The summed E-state index contributed by atoms with van der Waals surface area (Å²) in [6.45, 7) is 9.93. The molecule has 0 aliphatic heterocycles. The topological polar surface area (TPSA) is 78.4 Å². The molecular weight excluding hydrogens is 459 g/mol. The van der Waals surface area contributed by atoms with E-state index in [2.05, 4.69) is 88.4 Å². The van der Waals surface area contributed by atoms with E-state index in [4.69, 9.17) is 21.8 Å². The minimum Gasteiger partial charge on any atom is -0.407 e. The number of halogens is 2. The third-order valence-electron chi connectivity index (χ3n) is 5.21. The number of rotatable bonds is 6. The molecule has 0 atom stereocenters. The Bertz CT molecular complexity index is 1020. The van der Waals surface area contributed by atoms with Crippen molar-refractivity contribution in [3.05, 3.63) is 93.8 Å². The highest BCUT2D eigenvalue weighted by Crippen LogP contribution is 2.36. The van der Waals surface area contributed by atoms with Crippen molar-refractivity contribution in [2.24, 2.45) is 0 Å². The van der Waals surface area contributed by atoms with Crippen molar-refractivity contribution in [1.82, 2.24) is 0 Å². The van der Waals surface area contributed by atoms with Crippen LogP contribution in [0.2, 0.25) is 10.1 Å². The van der Waals surface area contributed by atoms with Crippen molar-refractivity contribution in [3.63, 3.8) is 0 Å². The fourth-order valence-corrected chi connectivity index (χ4v) is 8.56. The van der Waals surface area contributed by atoms with Gasteiger partial charge in [-0.3, -0.25) is 10.1 Å². The van der Waals surface area contributed by atoms with Gasteiger partial charge < -0.3 is 10.2 Å². The number of nitrogens with zero attached hydrogens (tertiary/aromatic N) is 1. The summed E-state index contributed by atoms with van der Waals surface area (Å²) >= 11 is 5.31. The molecule has 5 nitrogen and oxygen atoms in total. The molecule has 33 heavy (non-hydrogen) atoms. The molecule has 3 rings (SSSR count). The largest absolute Gasteiger partial charge is 0.407 e. The highest BCUT2D eigenvalue weighted by molar-refractivity contribution is 6.99. The molecule has 0 aliphatic carbocycles. The lowest BCUT2D eigenvalue weighted by molar-refractivity contribution is -0.384. The van der Waals surface area contributed by atoms with Gasteiger partial charge in [0.25, 0.3) is 14.0 Å². The van der Waals surface area contributed by atoms with E-state index < -0.39 is 24.7 Å².